The Labute approximate surface area is 247 Å². The molecule has 0 fully saturated rings. The summed E-state index contributed by atoms with van der Waals surface area (Å²) in [6.07, 6.45) is 1.51. The fourth-order valence-corrected chi connectivity index (χ4v) is 4.30. The number of aryl methyl sites for hydroxylation is 1. The SMILES string of the molecule is CC(C)(C)OC(=O)N[C@@H](Cc1ccc(CCCCNC(=N)NC(=O)c2nc(Cl)c(N)nc2N)c2ccccc12)C(=O)O. The number of alkyl carbamates (subject to hydrolysis) is 1. The molecular weight excluding hydrogens is 564 g/mol. The van der Waals surface area contributed by atoms with E-state index in [1.807, 2.05) is 36.4 Å². The summed E-state index contributed by atoms with van der Waals surface area (Å²) in [4.78, 5) is 44.0. The second-order valence-corrected chi connectivity index (χ2v) is 10.9. The highest BCUT2D eigenvalue weighted by Gasteiger charge is 2.25. The average molecular weight is 599 g/mol. The zero-order valence-electron chi connectivity index (χ0n) is 23.6. The number of unbranched alkanes of at least 4 members (excludes halogenated alkanes) is 1. The lowest BCUT2D eigenvalue weighted by molar-refractivity contribution is -0.139. The van der Waals surface area contributed by atoms with Crippen LogP contribution in [0.1, 0.15) is 55.2 Å². The number of nitrogens with two attached hydrogens (primary N) is 2. The van der Waals surface area contributed by atoms with Crippen LogP contribution in [-0.2, 0) is 22.4 Å². The molecule has 0 aliphatic carbocycles. The molecule has 9 N–H and O–H groups in total. The second-order valence-electron chi connectivity index (χ2n) is 10.5. The van der Waals surface area contributed by atoms with Crippen molar-refractivity contribution in [2.45, 2.75) is 58.1 Å². The predicted molar refractivity (Wildman–Crippen MR) is 160 cm³/mol. The molecule has 2 amide bonds. The number of ether oxygens (including phenoxy) is 1. The number of aliphatic carboxylic acids is 1. The van der Waals surface area contributed by atoms with Gasteiger partial charge in [0.1, 0.15) is 11.6 Å². The van der Waals surface area contributed by atoms with Crippen molar-refractivity contribution in [3.8, 4) is 0 Å². The maximum Gasteiger partial charge on any atom is 0.408 e. The van der Waals surface area contributed by atoms with Gasteiger partial charge in [0.05, 0.1) is 0 Å². The second kappa shape index (κ2) is 13.8. The number of hydrogen-bond donors (Lipinski definition) is 7. The fraction of sp³-hybridized carbons (Fsp3) is 0.357. The number of nitrogens with one attached hydrogen (secondary N) is 4. The van der Waals surface area contributed by atoms with Crippen molar-refractivity contribution in [2.75, 3.05) is 18.0 Å². The molecule has 13 nitrogen and oxygen atoms in total. The highest BCUT2D eigenvalue weighted by molar-refractivity contribution is 6.31. The molecule has 1 heterocycles. The van der Waals surface area contributed by atoms with E-state index in [4.69, 9.17) is 33.2 Å². The van der Waals surface area contributed by atoms with E-state index in [2.05, 4.69) is 25.9 Å². The Morgan fingerprint density at radius 2 is 1.67 bits per heavy atom. The number of hydrogen-bond acceptors (Lipinski definition) is 9. The Morgan fingerprint density at radius 1 is 1.02 bits per heavy atom. The number of amides is 2. The molecule has 3 rings (SSSR count). The number of nitrogen functional groups attached to an aromatic ring is 2. The number of benzene rings is 2. The summed E-state index contributed by atoms with van der Waals surface area (Å²) >= 11 is 5.81. The average Bonchev–Trinajstić information content (AvgIpc) is 2.89. The molecule has 0 aliphatic rings. The number of aromatic nitrogens is 2. The molecule has 0 saturated carbocycles. The van der Waals surface area contributed by atoms with Crippen molar-refractivity contribution in [1.29, 1.82) is 5.41 Å². The maximum absolute atomic E-state index is 12.3. The molecule has 0 bridgehead atoms. The van der Waals surface area contributed by atoms with E-state index in [1.54, 1.807) is 20.8 Å². The van der Waals surface area contributed by atoms with Crippen molar-refractivity contribution in [2.24, 2.45) is 0 Å². The van der Waals surface area contributed by atoms with E-state index in [9.17, 15) is 19.5 Å². The third-order valence-electron chi connectivity index (χ3n) is 6.05. The van der Waals surface area contributed by atoms with Crippen LogP contribution in [0, 0.1) is 5.41 Å². The van der Waals surface area contributed by atoms with Crippen molar-refractivity contribution < 1.29 is 24.2 Å². The lowest BCUT2D eigenvalue weighted by Crippen LogP contribution is -2.44. The molecule has 0 unspecified atom stereocenters. The molecule has 3 aromatic rings. The zero-order chi connectivity index (χ0) is 31.0. The summed E-state index contributed by atoms with van der Waals surface area (Å²) in [6.45, 7) is 5.55. The van der Waals surface area contributed by atoms with Crippen LogP contribution < -0.4 is 27.4 Å². The van der Waals surface area contributed by atoms with E-state index >= 15 is 0 Å². The van der Waals surface area contributed by atoms with E-state index in [-0.39, 0.29) is 34.9 Å². The van der Waals surface area contributed by atoms with Crippen molar-refractivity contribution in [3.63, 3.8) is 0 Å². The molecule has 0 aliphatic heterocycles. The molecule has 224 valence electrons. The molecular formula is C28H35ClN8O5. The highest BCUT2D eigenvalue weighted by Crippen LogP contribution is 2.25. The van der Waals surface area contributed by atoms with Gasteiger partial charge in [-0.15, -0.1) is 0 Å². The minimum atomic E-state index is -1.16. The Balaban J connectivity index is 1.56. The quantitative estimate of drug-likeness (QED) is 0.103. The first-order valence-corrected chi connectivity index (χ1v) is 13.6. The minimum Gasteiger partial charge on any atom is -0.480 e. The highest BCUT2D eigenvalue weighted by atomic mass is 35.5. The van der Waals surface area contributed by atoms with E-state index in [0.29, 0.717) is 13.0 Å². The lowest BCUT2D eigenvalue weighted by atomic mass is 9.93. The van der Waals surface area contributed by atoms with Crippen LogP contribution in [0.2, 0.25) is 5.15 Å². The molecule has 42 heavy (non-hydrogen) atoms. The van der Waals surface area contributed by atoms with Crippen LogP contribution in [0.3, 0.4) is 0 Å². The molecule has 14 heteroatoms. The third kappa shape index (κ3) is 8.93. The molecule has 0 saturated heterocycles. The van der Waals surface area contributed by atoms with Crippen LogP contribution in [0.15, 0.2) is 36.4 Å². The van der Waals surface area contributed by atoms with Gasteiger partial charge >= 0.3 is 12.1 Å². The number of nitrogens with zero attached hydrogens (tertiary/aromatic N) is 2. The van der Waals surface area contributed by atoms with E-state index < -0.39 is 29.6 Å². The number of guanidine groups is 1. The van der Waals surface area contributed by atoms with Gasteiger partial charge < -0.3 is 31.9 Å². The van der Waals surface area contributed by atoms with Gasteiger partial charge in [0.15, 0.2) is 28.4 Å². The summed E-state index contributed by atoms with van der Waals surface area (Å²) in [6, 6.07) is 10.4. The lowest BCUT2D eigenvalue weighted by Gasteiger charge is -2.22. The third-order valence-corrected chi connectivity index (χ3v) is 6.33. The first-order valence-electron chi connectivity index (χ1n) is 13.2. The number of carbonyl (C=O) groups is 3. The van der Waals surface area contributed by atoms with Gasteiger partial charge in [-0.3, -0.25) is 15.5 Å². The Morgan fingerprint density at radius 3 is 2.31 bits per heavy atom. The molecule has 1 atom stereocenters. The molecule has 0 radical (unpaired) electrons. The summed E-state index contributed by atoms with van der Waals surface area (Å²) in [5.41, 5.74) is 12.1. The number of halogens is 1. The van der Waals surface area contributed by atoms with E-state index in [1.165, 1.54) is 0 Å². The standard InChI is InChI=1S/C28H35ClN8O5/c1-28(2,3)42-27(41)34-19(25(39)40)14-16-12-11-15(17-9-4-5-10-18(16)17)8-6-7-13-33-26(32)37-24(38)20-22(30)36-23(31)21(29)35-20/h4-5,9-12,19H,6-8,13-14H2,1-3H3,(H,34,41)(H,39,40)(H4,30,31,36)(H3,32,33,37,38)/t19-/m0/s1. The largest absolute Gasteiger partial charge is 0.480 e. The molecule has 0 spiro atoms. The maximum atomic E-state index is 12.3. The van der Waals surface area contributed by atoms with Crippen LogP contribution >= 0.6 is 11.6 Å². The fourth-order valence-electron chi connectivity index (χ4n) is 4.17. The van der Waals surface area contributed by atoms with E-state index in [0.717, 1.165) is 34.7 Å². The van der Waals surface area contributed by atoms with Gasteiger partial charge in [-0.1, -0.05) is 48.0 Å². The number of rotatable bonds is 10. The number of anilines is 2. The van der Waals surface area contributed by atoms with Crippen LogP contribution in [-0.4, -0.2) is 57.2 Å². The van der Waals surface area contributed by atoms with Crippen molar-refractivity contribution in [3.05, 3.63) is 58.4 Å². The summed E-state index contributed by atoms with van der Waals surface area (Å²) in [5, 5.41) is 27.0. The summed E-state index contributed by atoms with van der Waals surface area (Å²) in [5.74, 6) is -2.41. The topological polar surface area (TPSA) is 218 Å². The number of carboxylic acids is 1. The number of fused-ring (bicyclic) bond motifs is 1. The normalized spacial score (nSPS) is 11.9. The van der Waals surface area contributed by atoms with Crippen molar-refractivity contribution in [1.82, 2.24) is 25.9 Å². The van der Waals surface area contributed by atoms with Gasteiger partial charge in [0.2, 0.25) is 0 Å². The summed E-state index contributed by atoms with van der Waals surface area (Å²) in [7, 11) is 0. The van der Waals surface area contributed by atoms with Crippen LogP contribution in [0.4, 0.5) is 16.4 Å². The molecule has 2 aromatic carbocycles. The molecule has 1 aromatic heterocycles. The number of carboxylic acid groups (broad SMARTS) is 1. The first-order chi connectivity index (χ1) is 19.7. The Hall–Kier alpha value is -4.65. The van der Waals surface area contributed by atoms with Crippen LogP contribution in [0.25, 0.3) is 10.8 Å². The Bertz CT molecular complexity index is 1490. The number of carbonyl (C=O) groups excluding carboxylic acids is 2. The first kappa shape index (κ1) is 31.9. The Kier molecular flexibility index (Phi) is 10.5. The zero-order valence-corrected chi connectivity index (χ0v) is 24.3. The van der Waals surface area contributed by atoms with Crippen LogP contribution in [0.5, 0.6) is 0 Å². The minimum absolute atomic E-state index is 0.0902. The summed E-state index contributed by atoms with van der Waals surface area (Å²) < 4.78 is 5.22. The van der Waals surface area contributed by atoms with Gasteiger partial charge in [0, 0.05) is 13.0 Å². The van der Waals surface area contributed by atoms with Gasteiger partial charge in [0.25, 0.3) is 5.91 Å². The van der Waals surface area contributed by atoms with Gasteiger partial charge in [-0.05, 0) is 61.9 Å². The smallest absolute Gasteiger partial charge is 0.408 e. The monoisotopic (exact) mass is 598 g/mol. The predicted octanol–water partition coefficient (Wildman–Crippen LogP) is 3.25. The van der Waals surface area contributed by atoms with Gasteiger partial charge in [-0.2, -0.15) is 0 Å². The van der Waals surface area contributed by atoms with Crippen molar-refractivity contribution >= 4 is 57.9 Å². The van der Waals surface area contributed by atoms with Gasteiger partial charge in [-0.25, -0.2) is 19.6 Å².